The van der Waals surface area contributed by atoms with Crippen molar-refractivity contribution in [1.82, 2.24) is 13.7 Å². The Labute approximate surface area is 109 Å². The highest BCUT2D eigenvalue weighted by atomic mass is 32.2. The molecular formula is C9H15N5O2S2. The van der Waals surface area contributed by atoms with Gasteiger partial charge >= 0.3 is 0 Å². The van der Waals surface area contributed by atoms with Crippen molar-refractivity contribution >= 4 is 32.1 Å². The first-order valence-corrected chi connectivity index (χ1v) is 7.80. The number of nitrogens with two attached hydrogens (primary N) is 1. The lowest BCUT2D eigenvalue weighted by Crippen LogP contribution is -2.32. The maximum Gasteiger partial charge on any atom is 0.262 e. The van der Waals surface area contributed by atoms with Gasteiger partial charge in [-0.2, -0.15) is 9.29 Å². The molecule has 0 spiro atoms. The summed E-state index contributed by atoms with van der Waals surface area (Å²) in [7, 11) is -3.60. The number of aromatic nitrogens is 2. The maximum atomic E-state index is 12.5. The lowest BCUT2D eigenvalue weighted by molar-refractivity contribution is 0.442. The number of hydrogen-bond acceptors (Lipinski definition) is 6. The second kappa shape index (κ2) is 4.84. The number of nitrogen functional groups attached to an aromatic ring is 1. The second-order valence-electron chi connectivity index (χ2n) is 3.55. The van der Waals surface area contributed by atoms with Crippen molar-refractivity contribution < 1.29 is 8.42 Å². The van der Waals surface area contributed by atoms with Crippen LogP contribution in [0.5, 0.6) is 0 Å². The molecule has 7 nitrogen and oxygen atoms in total. The predicted octanol–water partition coefficient (Wildman–Crippen LogP) is 0.712. The molecule has 3 N–H and O–H groups in total. The summed E-state index contributed by atoms with van der Waals surface area (Å²) in [5.41, 5.74) is 2.35. The van der Waals surface area contributed by atoms with Crippen molar-refractivity contribution in [2.24, 2.45) is 5.84 Å². The van der Waals surface area contributed by atoms with E-state index in [0.29, 0.717) is 18.1 Å². The summed E-state index contributed by atoms with van der Waals surface area (Å²) in [6.45, 7) is 4.39. The van der Waals surface area contributed by atoms with Gasteiger partial charge in [-0.05, 0) is 0 Å². The summed E-state index contributed by atoms with van der Waals surface area (Å²) in [6.07, 6.45) is 1.67. The molecule has 2 heterocycles. The quantitative estimate of drug-likeness (QED) is 0.625. The van der Waals surface area contributed by atoms with Crippen LogP contribution in [-0.2, 0) is 10.0 Å². The zero-order valence-corrected chi connectivity index (χ0v) is 11.8. The zero-order valence-electron chi connectivity index (χ0n) is 10.1. The van der Waals surface area contributed by atoms with Crippen molar-refractivity contribution in [3.8, 4) is 0 Å². The fourth-order valence-corrected chi connectivity index (χ4v) is 4.23. The molecule has 0 amide bonds. The summed E-state index contributed by atoms with van der Waals surface area (Å²) < 4.78 is 27.9. The molecule has 0 saturated heterocycles. The van der Waals surface area contributed by atoms with Crippen LogP contribution in [0.3, 0.4) is 0 Å². The molecule has 0 radical (unpaired) electrons. The average molecular weight is 289 g/mol. The molecule has 2 aromatic heterocycles. The molecule has 0 fully saturated rings. The van der Waals surface area contributed by atoms with Crippen LogP contribution in [0.2, 0.25) is 0 Å². The predicted molar refractivity (Wildman–Crippen MR) is 71.0 cm³/mol. The number of imidazole rings is 1. The Balaban J connectivity index is 2.68. The number of anilines is 1. The van der Waals surface area contributed by atoms with Crippen LogP contribution in [0.1, 0.15) is 13.8 Å². The molecule has 0 aliphatic rings. The van der Waals surface area contributed by atoms with Gasteiger partial charge in [0.15, 0.2) is 10.8 Å². The monoisotopic (exact) mass is 289 g/mol. The van der Waals surface area contributed by atoms with Crippen LogP contribution in [-0.4, -0.2) is 35.2 Å². The van der Waals surface area contributed by atoms with E-state index in [4.69, 9.17) is 5.84 Å². The third kappa shape index (κ3) is 1.88. The zero-order chi connectivity index (χ0) is 13.3. The first-order chi connectivity index (χ1) is 8.56. The molecule has 0 atom stereocenters. The van der Waals surface area contributed by atoms with Gasteiger partial charge in [0.2, 0.25) is 5.03 Å². The highest BCUT2D eigenvalue weighted by molar-refractivity contribution is 7.89. The highest BCUT2D eigenvalue weighted by Gasteiger charge is 2.30. The lowest BCUT2D eigenvalue weighted by atomic mass is 10.7. The van der Waals surface area contributed by atoms with Crippen LogP contribution in [0.25, 0.3) is 4.96 Å². The number of fused-ring (bicyclic) bond motifs is 1. The van der Waals surface area contributed by atoms with E-state index in [-0.39, 0.29) is 10.8 Å². The van der Waals surface area contributed by atoms with E-state index in [0.717, 1.165) is 0 Å². The van der Waals surface area contributed by atoms with Gasteiger partial charge in [0, 0.05) is 24.7 Å². The number of thiazole rings is 1. The van der Waals surface area contributed by atoms with Gasteiger partial charge in [-0.3, -0.25) is 4.40 Å². The van der Waals surface area contributed by atoms with Crippen LogP contribution >= 0.6 is 11.3 Å². The van der Waals surface area contributed by atoms with Crippen molar-refractivity contribution in [2.45, 2.75) is 18.9 Å². The van der Waals surface area contributed by atoms with Crippen molar-refractivity contribution in [3.05, 3.63) is 11.6 Å². The van der Waals surface area contributed by atoms with Gasteiger partial charge in [-0.25, -0.2) is 14.3 Å². The molecule has 9 heteroatoms. The molecule has 18 heavy (non-hydrogen) atoms. The Morgan fingerprint density at radius 3 is 2.72 bits per heavy atom. The Kier molecular flexibility index (Phi) is 3.57. The Morgan fingerprint density at radius 2 is 2.17 bits per heavy atom. The van der Waals surface area contributed by atoms with Gasteiger partial charge in [0.05, 0.1) is 0 Å². The van der Waals surface area contributed by atoms with Gasteiger partial charge in [-0.1, -0.05) is 13.8 Å². The third-order valence-corrected chi connectivity index (χ3v) is 5.48. The number of nitrogens with one attached hydrogen (secondary N) is 1. The minimum atomic E-state index is -3.60. The summed E-state index contributed by atoms with van der Waals surface area (Å²) in [5, 5.41) is 1.87. The molecule has 0 unspecified atom stereocenters. The number of rotatable bonds is 5. The van der Waals surface area contributed by atoms with Gasteiger partial charge in [0.1, 0.15) is 0 Å². The fourth-order valence-electron chi connectivity index (χ4n) is 1.79. The molecule has 100 valence electrons. The third-order valence-electron chi connectivity index (χ3n) is 2.64. The van der Waals surface area contributed by atoms with E-state index in [1.165, 1.54) is 20.0 Å². The average Bonchev–Trinajstić information content (AvgIpc) is 2.88. The fraction of sp³-hybridized carbons (Fsp3) is 0.444. The normalized spacial score (nSPS) is 12.4. The van der Waals surface area contributed by atoms with Gasteiger partial charge in [0.25, 0.3) is 10.0 Å². The molecule has 2 aromatic rings. The molecule has 0 aliphatic carbocycles. The molecular weight excluding hydrogens is 274 g/mol. The topological polar surface area (TPSA) is 92.7 Å². The molecule has 0 aromatic carbocycles. The maximum absolute atomic E-state index is 12.5. The number of nitrogens with zero attached hydrogens (tertiary/aromatic N) is 3. The van der Waals surface area contributed by atoms with E-state index in [1.807, 2.05) is 0 Å². The first kappa shape index (κ1) is 13.3. The Morgan fingerprint density at radius 1 is 1.50 bits per heavy atom. The highest BCUT2D eigenvalue weighted by Crippen LogP contribution is 2.27. The van der Waals surface area contributed by atoms with E-state index in [9.17, 15) is 8.42 Å². The second-order valence-corrected chi connectivity index (χ2v) is 6.28. The van der Waals surface area contributed by atoms with Crippen molar-refractivity contribution in [1.29, 1.82) is 0 Å². The molecule has 0 bridgehead atoms. The number of sulfonamides is 1. The number of hydrogen-bond donors (Lipinski definition) is 2. The van der Waals surface area contributed by atoms with Gasteiger partial charge < -0.3 is 5.43 Å². The standard InChI is InChI=1S/C9H15N5O2S2/c1-3-13(4-2)18(15,16)8-7(12-10)11-9-14(8)5-6-17-9/h5-6,12H,3-4,10H2,1-2H3. The SMILES string of the molecule is CCN(CC)S(=O)(=O)c1c(NN)nc2sccn12. The van der Waals surface area contributed by atoms with E-state index < -0.39 is 10.0 Å². The number of hydrazine groups is 1. The van der Waals surface area contributed by atoms with Crippen molar-refractivity contribution in [2.75, 3.05) is 18.5 Å². The van der Waals surface area contributed by atoms with Crippen molar-refractivity contribution in [3.63, 3.8) is 0 Å². The smallest absolute Gasteiger partial charge is 0.262 e. The molecule has 0 saturated carbocycles. The summed E-state index contributed by atoms with van der Waals surface area (Å²) >= 11 is 1.35. The Hall–Kier alpha value is -1.16. The molecule has 0 aliphatic heterocycles. The van der Waals surface area contributed by atoms with Gasteiger partial charge in [-0.15, -0.1) is 11.3 Å². The molecule has 2 rings (SSSR count). The van der Waals surface area contributed by atoms with Crippen LogP contribution in [0.15, 0.2) is 16.6 Å². The minimum absolute atomic E-state index is 0.0879. The first-order valence-electron chi connectivity index (χ1n) is 5.48. The summed E-state index contributed by atoms with van der Waals surface area (Å²) in [5.74, 6) is 5.52. The van der Waals surface area contributed by atoms with Crippen LogP contribution < -0.4 is 11.3 Å². The summed E-state index contributed by atoms with van der Waals surface area (Å²) in [4.78, 5) is 4.74. The Bertz CT molecular complexity index is 641. The van der Waals surface area contributed by atoms with E-state index >= 15 is 0 Å². The largest absolute Gasteiger partial charge is 0.306 e. The summed E-state index contributed by atoms with van der Waals surface area (Å²) in [6, 6.07) is 0. The minimum Gasteiger partial charge on any atom is -0.306 e. The van der Waals surface area contributed by atoms with Crippen LogP contribution in [0, 0.1) is 0 Å². The van der Waals surface area contributed by atoms with E-state index in [1.54, 1.807) is 25.4 Å². The lowest BCUT2D eigenvalue weighted by Gasteiger charge is -2.18. The van der Waals surface area contributed by atoms with E-state index in [2.05, 4.69) is 10.4 Å². The van der Waals surface area contributed by atoms with Crippen LogP contribution in [0.4, 0.5) is 5.82 Å².